The number of furan rings is 1. The Hall–Kier alpha value is -0.840. The van der Waals surface area contributed by atoms with Gasteiger partial charge in [0.05, 0.1) is 25.7 Å². The van der Waals surface area contributed by atoms with E-state index in [9.17, 15) is 0 Å². The number of rotatable bonds is 7. The van der Waals surface area contributed by atoms with Crippen molar-refractivity contribution in [1.82, 2.24) is 5.32 Å². The summed E-state index contributed by atoms with van der Waals surface area (Å²) in [5.41, 5.74) is 1.47. The molecule has 0 saturated carbocycles. The second kappa shape index (κ2) is 6.19. The molecule has 1 aromatic heterocycles. The Bertz CT molecular complexity index is 304. The van der Waals surface area contributed by atoms with E-state index in [1.165, 1.54) is 5.56 Å². The maximum atomic E-state index is 5.56. The lowest BCUT2D eigenvalue weighted by atomic mass is 9.81. The molecular formula is C13H21NO3. The number of hydrogen-bond acceptors (Lipinski definition) is 4. The van der Waals surface area contributed by atoms with Crippen LogP contribution in [0.15, 0.2) is 23.0 Å². The minimum atomic E-state index is 0.220. The highest BCUT2D eigenvalue weighted by molar-refractivity contribution is 5.10. The molecule has 0 radical (unpaired) electrons. The molecule has 17 heavy (non-hydrogen) atoms. The smallest absolute Gasteiger partial charge is 0.0934 e. The molecule has 1 unspecified atom stereocenters. The molecule has 0 bridgehead atoms. The Labute approximate surface area is 102 Å². The Kier molecular flexibility index (Phi) is 4.59. The third-order valence-corrected chi connectivity index (χ3v) is 3.33. The van der Waals surface area contributed by atoms with Gasteiger partial charge in [0.15, 0.2) is 0 Å². The lowest BCUT2D eigenvalue weighted by Gasteiger charge is -2.27. The highest BCUT2D eigenvalue weighted by Crippen LogP contribution is 2.32. The van der Waals surface area contributed by atoms with Crippen LogP contribution in [0.25, 0.3) is 0 Å². The summed E-state index contributed by atoms with van der Waals surface area (Å²) in [6, 6.07) is 2.04. The van der Waals surface area contributed by atoms with Crippen LogP contribution < -0.4 is 5.32 Å². The largest absolute Gasteiger partial charge is 0.472 e. The van der Waals surface area contributed by atoms with Gasteiger partial charge in [0.2, 0.25) is 0 Å². The highest BCUT2D eigenvalue weighted by atomic mass is 16.5. The van der Waals surface area contributed by atoms with Gasteiger partial charge in [-0.05, 0) is 24.5 Å². The lowest BCUT2D eigenvalue weighted by molar-refractivity contribution is 0.144. The molecule has 4 nitrogen and oxygen atoms in total. The summed E-state index contributed by atoms with van der Waals surface area (Å²) in [7, 11) is 1.72. The third kappa shape index (κ3) is 3.56. The van der Waals surface area contributed by atoms with Crippen molar-refractivity contribution in [3.8, 4) is 0 Å². The van der Waals surface area contributed by atoms with Gasteiger partial charge >= 0.3 is 0 Å². The van der Waals surface area contributed by atoms with E-state index in [1.807, 2.05) is 12.3 Å². The van der Waals surface area contributed by atoms with Gasteiger partial charge in [-0.2, -0.15) is 0 Å². The predicted molar refractivity (Wildman–Crippen MR) is 65.0 cm³/mol. The minimum Gasteiger partial charge on any atom is -0.472 e. The van der Waals surface area contributed by atoms with Gasteiger partial charge < -0.3 is 19.2 Å². The minimum absolute atomic E-state index is 0.220. The van der Waals surface area contributed by atoms with Gasteiger partial charge in [0.25, 0.3) is 0 Å². The molecule has 1 N–H and O–H groups in total. The van der Waals surface area contributed by atoms with E-state index < -0.39 is 0 Å². The molecule has 2 heterocycles. The first-order chi connectivity index (χ1) is 8.35. The van der Waals surface area contributed by atoms with E-state index in [4.69, 9.17) is 13.9 Å². The summed E-state index contributed by atoms with van der Waals surface area (Å²) < 4.78 is 15.7. The quantitative estimate of drug-likeness (QED) is 0.732. The summed E-state index contributed by atoms with van der Waals surface area (Å²) in [6.45, 7) is 4.32. The molecule has 1 aliphatic rings. The standard InChI is InChI=1S/C13H21NO3/c1-15-7-4-14-10-13(3-6-17-11-13)8-12-2-5-16-9-12/h2,5,9,14H,3-4,6-8,10-11H2,1H3. The molecule has 1 atom stereocenters. The highest BCUT2D eigenvalue weighted by Gasteiger charge is 2.34. The molecule has 0 aliphatic carbocycles. The summed E-state index contributed by atoms with van der Waals surface area (Å²) in [5, 5.41) is 3.45. The van der Waals surface area contributed by atoms with Crippen molar-refractivity contribution >= 4 is 0 Å². The fourth-order valence-electron chi connectivity index (χ4n) is 2.34. The molecule has 1 aliphatic heterocycles. The van der Waals surface area contributed by atoms with Crippen molar-refractivity contribution in [3.05, 3.63) is 24.2 Å². The molecule has 0 spiro atoms. The molecule has 0 aromatic carbocycles. The predicted octanol–water partition coefficient (Wildman–Crippen LogP) is 1.46. The first-order valence-corrected chi connectivity index (χ1v) is 6.13. The zero-order chi connectivity index (χ0) is 12.0. The van der Waals surface area contributed by atoms with Crippen molar-refractivity contribution in [3.63, 3.8) is 0 Å². The second-order valence-corrected chi connectivity index (χ2v) is 4.78. The molecule has 1 fully saturated rings. The van der Waals surface area contributed by atoms with Crippen LogP contribution >= 0.6 is 0 Å². The summed E-state index contributed by atoms with van der Waals surface area (Å²) in [4.78, 5) is 0. The van der Waals surface area contributed by atoms with Crippen LogP contribution in [-0.4, -0.2) is 40.0 Å². The van der Waals surface area contributed by atoms with Crippen molar-refractivity contribution in [2.45, 2.75) is 12.8 Å². The van der Waals surface area contributed by atoms with Crippen LogP contribution in [0.1, 0.15) is 12.0 Å². The molecule has 1 saturated heterocycles. The maximum absolute atomic E-state index is 5.56. The Morgan fingerprint density at radius 2 is 2.47 bits per heavy atom. The first kappa shape index (κ1) is 12.6. The van der Waals surface area contributed by atoms with Crippen molar-refractivity contribution in [2.75, 3.05) is 40.0 Å². The Morgan fingerprint density at radius 1 is 1.53 bits per heavy atom. The lowest BCUT2D eigenvalue weighted by Crippen LogP contribution is -2.38. The summed E-state index contributed by atoms with van der Waals surface area (Å²) in [6.07, 6.45) is 5.69. The van der Waals surface area contributed by atoms with Gasteiger partial charge in [0, 0.05) is 32.2 Å². The topological polar surface area (TPSA) is 43.6 Å². The number of ether oxygens (including phenoxy) is 2. The fourth-order valence-corrected chi connectivity index (χ4v) is 2.34. The van der Waals surface area contributed by atoms with Crippen LogP contribution in [0.5, 0.6) is 0 Å². The zero-order valence-electron chi connectivity index (χ0n) is 10.4. The van der Waals surface area contributed by atoms with Crippen molar-refractivity contribution < 1.29 is 13.9 Å². The maximum Gasteiger partial charge on any atom is 0.0934 e. The van der Waals surface area contributed by atoms with E-state index >= 15 is 0 Å². The van der Waals surface area contributed by atoms with Crippen LogP contribution in [0, 0.1) is 5.41 Å². The number of hydrogen-bond donors (Lipinski definition) is 1. The number of methoxy groups -OCH3 is 1. The first-order valence-electron chi connectivity index (χ1n) is 6.13. The summed E-state index contributed by atoms with van der Waals surface area (Å²) >= 11 is 0. The summed E-state index contributed by atoms with van der Waals surface area (Å²) in [5.74, 6) is 0. The second-order valence-electron chi connectivity index (χ2n) is 4.78. The molecule has 2 rings (SSSR count). The Balaban J connectivity index is 1.86. The molecular weight excluding hydrogens is 218 g/mol. The van der Waals surface area contributed by atoms with E-state index in [2.05, 4.69) is 5.32 Å². The van der Waals surface area contributed by atoms with Gasteiger partial charge in [-0.1, -0.05) is 0 Å². The van der Waals surface area contributed by atoms with Crippen LogP contribution in [-0.2, 0) is 15.9 Å². The van der Waals surface area contributed by atoms with Gasteiger partial charge in [-0.15, -0.1) is 0 Å². The fraction of sp³-hybridized carbons (Fsp3) is 0.692. The van der Waals surface area contributed by atoms with Gasteiger partial charge in [0.1, 0.15) is 0 Å². The molecule has 0 amide bonds. The molecule has 1 aromatic rings. The van der Waals surface area contributed by atoms with Crippen LogP contribution in [0.3, 0.4) is 0 Å². The van der Waals surface area contributed by atoms with Gasteiger partial charge in [-0.25, -0.2) is 0 Å². The van der Waals surface area contributed by atoms with E-state index in [-0.39, 0.29) is 5.41 Å². The monoisotopic (exact) mass is 239 g/mol. The van der Waals surface area contributed by atoms with E-state index in [1.54, 1.807) is 13.4 Å². The van der Waals surface area contributed by atoms with E-state index in [0.717, 1.165) is 45.8 Å². The van der Waals surface area contributed by atoms with Crippen LogP contribution in [0.4, 0.5) is 0 Å². The van der Waals surface area contributed by atoms with Crippen molar-refractivity contribution in [2.24, 2.45) is 5.41 Å². The Morgan fingerprint density at radius 3 is 3.12 bits per heavy atom. The zero-order valence-corrected chi connectivity index (χ0v) is 10.4. The van der Waals surface area contributed by atoms with E-state index in [0.29, 0.717) is 0 Å². The molecule has 4 heteroatoms. The van der Waals surface area contributed by atoms with Crippen molar-refractivity contribution in [1.29, 1.82) is 0 Å². The SMILES string of the molecule is COCCNCC1(Cc2ccoc2)CCOC1. The third-order valence-electron chi connectivity index (χ3n) is 3.33. The van der Waals surface area contributed by atoms with Gasteiger partial charge in [-0.3, -0.25) is 0 Å². The normalized spacial score (nSPS) is 24.3. The number of nitrogens with one attached hydrogen (secondary N) is 1. The average molecular weight is 239 g/mol. The van der Waals surface area contributed by atoms with Crippen LogP contribution in [0.2, 0.25) is 0 Å². The molecule has 96 valence electrons. The average Bonchev–Trinajstić information content (AvgIpc) is 2.98.